The van der Waals surface area contributed by atoms with Crippen LogP contribution in [-0.4, -0.2) is 50.2 Å². The predicted octanol–water partition coefficient (Wildman–Crippen LogP) is -2.39. The summed E-state index contributed by atoms with van der Waals surface area (Å²) in [5.41, 5.74) is 0. The van der Waals surface area contributed by atoms with Crippen LogP contribution in [0.1, 0.15) is 6.42 Å². The zero-order valence-corrected chi connectivity index (χ0v) is 9.59. The number of carbonyl (C=O) groups is 1. The number of quaternary nitrogens is 1. The van der Waals surface area contributed by atoms with E-state index in [9.17, 15) is 4.79 Å². The van der Waals surface area contributed by atoms with E-state index in [4.69, 9.17) is 4.74 Å². The van der Waals surface area contributed by atoms with E-state index in [-0.39, 0.29) is 18.2 Å². The molecule has 82 valence electrons. The number of hydrogen-bond donors (Lipinski definition) is 0. The van der Waals surface area contributed by atoms with E-state index in [1.165, 1.54) is 6.08 Å². The molecule has 0 aromatic heterocycles. The third-order valence-corrected chi connectivity index (χ3v) is 2.29. The summed E-state index contributed by atoms with van der Waals surface area (Å²) in [4.78, 5) is 11.0. The number of allylic oxidation sites excluding steroid dienone is 1. The van der Waals surface area contributed by atoms with Crippen molar-refractivity contribution in [2.75, 3.05) is 33.8 Å². The van der Waals surface area contributed by atoms with Crippen LogP contribution in [0.4, 0.5) is 0 Å². The zero-order chi connectivity index (χ0) is 9.90. The molecule has 14 heavy (non-hydrogen) atoms. The summed E-state index contributed by atoms with van der Waals surface area (Å²) >= 11 is 0. The summed E-state index contributed by atoms with van der Waals surface area (Å²) in [5.74, 6) is 0.128. The van der Waals surface area contributed by atoms with Gasteiger partial charge in [0, 0.05) is 0 Å². The van der Waals surface area contributed by atoms with E-state index in [0.717, 1.165) is 24.2 Å². The fourth-order valence-electron chi connectivity index (χ4n) is 1.33. The first kappa shape index (κ1) is 13.6. The molecular formula is C10H18ClNO2. The van der Waals surface area contributed by atoms with Crippen molar-refractivity contribution in [2.45, 2.75) is 12.5 Å². The summed E-state index contributed by atoms with van der Waals surface area (Å²) in [6, 6.07) is 0. The molecule has 0 radical (unpaired) electrons. The average molecular weight is 220 g/mol. The Morgan fingerprint density at radius 1 is 1.64 bits per heavy atom. The molecule has 1 rings (SSSR count). The Bertz CT molecular complexity index is 212. The molecule has 0 saturated carbocycles. The van der Waals surface area contributed by atoms with Gasteiger partial charge in [-0.2, -0.15) is 0 Å². The van der Waals surface area contributed by atoms with Gasteiger partial charge in [-0.3, -0.25) is 4.79 Å². The van der Waals surface area contributed by atoms with Crippen LogP contribution in [0.2, 0.25) is 0 Å². The molecule has 0 amide bonds. The lowest BCUT2D eigenvalue weighted by Crippen LogP contribution is -3.00. The Labute approximate surface area is 91.7 Å². The van der Waals surface area contributed by atoms with Crippen molar-refractivity contribution in [3.63, 3.8) is 0 Å². The minimum Gasteiger partial charge on any atom is -1.00 e. The topological polar surface area (TPSA) is 29.6 Å². The van der Waals surface area contributed by atoms with Crippen LogP contribution in [0.3, 0.4) is 0 Å². The van der Waals surface area contributed by atoms with E-state index in [2.05, 4.69) is 20.7 Å². The third-order valence-electron chi connectivity index (χ3n) is 2.29. The van der Waals surface area contributed by atoms with Gasteiger partial charge < -0.3 is 21.6 Å². The quantitative estimate of drug-likeness (QED) is 0.284. The molecule has 1 aliphatic rings. The van der Waals surface area contributed by atoms with Gasteiger partial charge in [0.25, 0.3) is 0 Å². The highest BCUT2D eigenvalue weighted by Gasteiger charge is 2.31. The van der Waals surface area contributed by atoms with Crippen molar-refractivity contribution in [2.24, 2.45) is 0 Å². The molecule has 4 heteroatoms. The summed E-state index contributed by atoms with van der Waals surface area (Å²) in [7, 11) is 4.25. The normalized spacial score (nSPS) is 19.7. The number of ether oxygens (including phenoxy) is 1. The highest BCUT2D eigenvalue weighted by molar-refractivity contribution is 5.89. The summed E-state index contributed by atoms with van der Waals surface area (Å²) in [6.45, 7) is 6.21. The van der Waals surface area contributed by atoms with Crippen LogP contribution in [0, 0.1) is 0 Å². The van der Waals surface area contributed by atoms with Gasteiger partial charge in [0.05, 0.1) is 33.7 Å². The number of carbonyl (C=O) groups excluding carboxylic acids is 1. The Kier molecular flexibility index (Phi) is 5.34. The smallest absolute Gasteiger partial charge is 0.160 e. The van der Waals surface area contributed by atoms with E-state index in [1.807, 2.05) is 0 Å². The van der Waals surface area contributed by atoms with Gasteiger partial charge in [0.1, 0.15) is 12.6 Å². The molecule has 3 nitrogen and oxygen atoms in total. The second kappa shape index (κ2) is 5.49. The highest BCUT2D eigenvalue weighted by atomic mass is 35.5. The monoisotopic (exact) mass is 219 g/mol. The van der Waals surface area contributed by atoms with Crippen LogP contribution >= 0.6 is 0 Å². The number of nitrogens with zero attached hydrogens (tertiary/aromatic N) is 1. The molecule has 1 aliphatic heterocycles. The van der Waals surface area contributed by atoms with Gasteiger partial charge in [-0.1, -0.05) is 6.58 Å². The van der Waals surface area contributed by atoms with Crippen LogP contribution in [0.5, 0.6) is 0 Å². The molecule has 0 spiro atoms. The van der Waals surface area contributed by atoms with E-state index >= 15 is 0 Å². The van der Waals surface area contributed by atoms with E-state index in [1.54, 1.807) is 0 Å². The SMILES string of the molecule is C=CC(=O)CC[N+](C)(C)CC1CO1.[Cl-]. The largest absolute Gasteiger partial charge is 1.00 e. The van der Waals surface area contributed by atoms with Crippen LogP contribution in [-0.2, 0) is 9.53 Å². The van der Waals surface area contributed by atoms with Crippen molar-refractivity contribution in [3.05, 3.63) is 12.7 Å². The molecule has 0 aromatic carbocycles. The first-order chi connectivity index (χ1) is 6.03. The summed E-state index contributed by atoms with van der Waals surface area (Å²) in [6.07, 6.45) is 2.41. The predicted molar refractivity (Wildman–Crippen MR) is 51.4 cm³/mol. The van der Waals surface area contributed by atoms with Gasteiger partial charge in [-0.25, -0.2) is 0 Å². The van der Waals surface area contributed by atoms with Gasteiger partial charge in [0.2, 0.25) is 0 Å². The Morgan fingerprint density at radius 2 is 2.21 bits per heavy atom. The minimum absolute atomic E-state index is 0. The molecular weight excluding hydrogens is 202 g/mol. The molecule has 1 saturated heterocycles. The second-order valence-electron chi connectivity index (χ2n) is 4.22. The van der Waals surface area contributed by atoms with E-state index < -0.39 is 0 Å². The number of epoxide rings is 1. The second-order valence-corrected chi connectivity index (χ2v) is 4.22. The Hall–Kier alpha value is -0.380. The number of halogens is 1. The fourth-order valence-corrected chi connectivity index (χ4v) is 1.33. The summed E-state index contributed by atoms with van der Waals surface area (Å²) < 4.78 is 6.01. The standard InChI is InChI=1S/C10H18NO2.ClH/c1-4-9(12)5-6-11(2,3)7-10-8-13-10;/h4,10H,1,5-8H2,2-3H3;1H/q+1;/p-1. The minimum atomic E-state index is 0. The summed E-state index contributed by atoms with van der Waals surface area (Å²) in [5, 5.41) is 0. The van der Waals surface area contributed by atoms with Crippen molar-refractivity contribution in [1.82, 2.24) is 0 Å². The van der Waals surface area contributed by atoms with Gasteiger partial charge >= 0.3 is 0 Å². The van der Waals surface area contributed by atoms with Gasteiger partial charge in [-0.05, 0) is 6.08 Å². The zero-order valence-electron chi connectivity index (χ0n) is 8.83. The molecule has 1 unspecified atom stereocenters. The Morgan fingerprint density at radius 3 is 2.64 bits per heavy atom. The lowest BCUT2D eigenvalue weighted by atomic mass is 10.2. The first-order valence-electron chi connectivity index (χ1n) is 4.62. The fraction of sp³-hybridized carbons (Fsp3) is 0.700. The molecule has 0 bridgehead atoms. The number of hydrogen-bond acceptors (Lipinski definition) is 2. The maximum Gasteiger partial charge on any atom is 0.160 e. The molecule has 1 atom stereocenters. The molecule has 0 aromatic rings. The van der Waals surface area contributed by atoms with Crippen molar-refractivity contribution < 1.29 is 26.4 Å². The number of ketones is 1. The maximum absolute atomic E-state index is 11.0. The molecule has 0 N–H and O–H groups in total. The van der Waals surface area contributed by atoms with Crippen LogP contribution in [0.15, 0.2) is 12.7 Å². The van der Waals surface area contributed by atoms with Crippen molar-refractivity contribution in [3.8, 4) is 0 Å². The molecule has 0 aliphatic carbocycles. The Balaban J connectivity index is 0.00000169. The van der Waals surface area contributed by atoms with Gasteiger partial charge in [-0.15, -0.1) is 0 Å². The molecule has 1 heterocycles. The third kappa shape index (κ3) is 5.37. The molecule has 1 fully saturated rings. The number of rotatable bonds is 6. The maximum atomic E-state index is 11.0. The number of likely N-dealkylation sites (N-methyl/N-ethyl adjacent to an activating group) is 1. The van der Waals surface area contributed by atoms with Crippen LogP contribution < -0.4 is 12.4 Å². The highest BCUT2D eigenvalue weighted by Crippen LogP contribution is 2.14. The van der Waals surface area contributed by atoms with Crippen molar-refractivity contribution >= 4 is 5.78 Å². The lowest BCUT2D eigenvalue weighted by molar-refractivity contribution is -0.890. The van der Waals surface area contributed by atoms with E-state index in [0.29, 0.717) is 12.5 Å². The van der Waals surface area contributed by atoms with Crippen LogP contribution in [0.25, 0.3) is 0 Å². The van der Waals surface area contributed by atoms with Crippen molar-refractivity contribution in [1.29, 1.82) is 0 Å². The average Bonchev–Trinajstić information content (AvgIpc) is 2.83. The van der Waals surface area contributed by atoms with Gasteiger partial charge in [0.15, 0.2) is 5.78 Å². The first-order valence-corrected chi connectivity index (χ1v) is 4.62. The lowest BCUT2D eigenvalue weighted by Gasteiger charge is -2.28.